The third kappa shape index (κ3) is 4.41. The van der Waals surface area contributed by atoms with Crippen LogP contribution < -0.4 is 0 Å². The lowest BCUT2D eigenvalue weighted by Crippen LogP contribution is -2.59. The van der Waals surface area contributed by atoms with Crippen LogP contribution in [-0.4, -0.2) is 47.8 Å². The lowest BCUT2D eigenvalue weighted by molar-refractivity contribution is -0.194. The van der Waals surface area contributed by atoms with E-state index < -0.39 is 5.60 Å². The lowest BCUT2D eigenvalue weighted by Gasteiger charge is -2.62. The third-order valence-corrected chi connectivity index (χ3v) is 11.9. The highest BCUT2D eigenvalue weighted by atomic mass is 16.5. The van der Waals surface area contributed by atoms with Gasteiger partial charge in [0.2, 0.25) is 0 Å². The predicted molar refractivity (Wildman–Crippen MR) is 135 cm³/mol. The third-order valence-electron chi connectivity index (χ3n) is 11.9. The molecule has 0 aromatic rings. The van der Waals surface area contributed by atoms with Crippen LogP contribution in [0.15, 0.2) is 0 Å². The van der Waals surface area contributed by atoms with Crippen molar-refractivity contribution in [3.05, 3.63) is 0 Å². The average molecular weight is 477 g/mol. The molecule has 0 aromatic carbocycles. The number of rotatable bonds is 7. The van der Waals surface area contributed by atoms with Gasteiger partial charge in [0, 0.05) is 5.92 Å². The molecule has 5 rings (SSSR count). The molecule has 2 N–H and O–H groups in total. The molecule has 5 aliphatic rings. The zero-order valence-corrected chi connectivity index (χ0v) is 22.6. The molecule has 196 valence electrons. The summed E-state index contributed by atoms with van der Waals surface area (Å²) in [6, 6.07) is 0. The molecule has 0 unspecified atom stereocenters. The largest absolute Gasteiger partial charge is 0.390 e. The zero-order chi connectivity index (χ0) is 24.3. The molecule has 0 spiro atoms. The van der Waals surface area contributed by atoms with Crippen LogP contribution in [-0.2, 0) is 9.47 Å². The van der Waals surface area contributed by atoms with Gasteiger partial charge in [0.1, 0.15) is 0 Å². The monoisotopic (exact) mass is 476 g/mol. The summed E-state index contributed by atoms with van der Waals surface area (Å²) in [5, 5.41) is 21.7. The first-order valence-corrected chi connectivity index (χ1v) is 14.6. The minimum absolute atomic E-state index is 0.0246. The SMILES string of the molecule is C[C@H](CCC(C)(C)O)[C@H]1CC[C@H]2[C@@H]3CC[C@H]4[C@@H](O)[C@@H](OCC5COC5)CC[C@]4(C)[C@H]3CC[C@]12C. The maximum atomic E-state index is 11.4. The fourth-order valence-electron chi connectivity index (χ4n) is 9.88. The van der Waals surface area contributed by atoms with E-state index in [9.17, 15) is 10.2 Å². The molecule has 0 amide bonds. The first-order chi connectivity index (χ1) is 16.0. The number of fused-ring (bicyclic) bond motifs is 5. The maximum absolute atomic E-state index is 11.4. The molecule has 1 saturated heterocycles. The molecule has 5 fully saturated rings. The van der Waals surface area contributed by atoms with Crippen molar-refractivity contribution in [1.82, 2.24) is 0 Å². The highest BCUT2D eigenvalue weighted by molar-refractivity contribution is 5.11. The van der Waals surface area contributed by atoms with Gasteiger partial charge in [0.25, 0.3) is 0 Å². The van der Waals surface area contributed by atoms with Crippen molar-refractivity contribution < 1.29 is 19.7 Å². The van der Waals surface area contributed by atoms with Gasteiger partial charge < -0.3 is 19.7 Å². The Bertz CT molecular complexity index is 713. The van der Waals surface area contributed by atoms with Gasteiger partial charge in [-0.1, -0.05) is 20.8 Å². The predicted octanol–water partition coefficient (Wildman–Crippen LogP) is 5.83. The second-order valence-electron chi connectivity index (χ2n) is 14.4. The summed E-state index contributed by atoms with van der Waals surface area (Å²) in [6.45, 7) is 13.9. The van der Waals surface area contributed by atoms with E-state index in [-0.39, 0.29) is 17.6 Å². The Morgan fingerprint density at radius 2 is 1.62 bits per heavy atom. The number of hydrogen-bond donors (Lipinski definition) is 2. The van der Waals surface area contributed by atoms with Crippen molar-refractivity contribution in [3.8, 4) is 0 Å². The fraction of sp³-hybridized carbons (Fsp3) is 1.00. The first kappa shape index (κ1) is 25.5. The Balaban J connectivity index is 1.25. The van der Waals surface area contributed by atoms with Crippen LogP contribution in [0.1, 0.15) is 98.8 Å². The Morgan fingerprint density at radius 1 is 0.941 bits per heavy atom. The van der Waals surface area contributed by atoms with Crippen LogP contribution in [0.2, 0.25) is 0 Å². The summed E-state index contributed by atoms with van der Waals surface area (Å²) in [4.78, 5) is 0. The van der Waals surface area contributed by atoms with E-state index in [1.54, 1.807) is 0 Å². The summed E-state index contributed by atoms with van der Waals surface area (Å²) >= 11 is 0. The van der Waals surface area contributed by atoms with Gasteiger partial charge in [-0.25, -0.2) is 0 Å². The zero-order valence-electron chi connectivity index (χ0n) is 22.6. The number of ether oxygens (including phenoxy) is 2. The molecule has 10 atom stereocenters. The van der Waals surface area contributed by atoms with E-state index in [0.29, 0.717) is 23.2 Å². The molecule has 34 heavy (non-hydrogen) atoms. The van der Waals surface area contributed by atoms with Crippen molar-refractivity contribution in [2.45, 2.75) is 117 Å². The van der Waals surface area contributed by atoms with E-state index in [1.165, 1.54) is 44.9 Å². The minimum Gasteiger partial charge on any atom is -0.390 e. The maximum Gasteiger partial charge on any atom is 0.0837 e. The quantitative estimate of drug-likeness (QED) is 0.485. The van der Waals surface area contributed by atoms with E-state index in [0.717, 1.165) is 62.8 Å². The van der Waals surface area contributed by atoms with Gasteiger partial charge in [-0.3, -0.25) is 0 Å². The van der Waals surface area contributed by atoms with Crippen molar-refractivity contribution in [3.63, 3.8) is 0 Å². The molecule has 1 heterocycles. The van der Waals surface area contributed by atoms with Crippen molar-refractivity contribution >= 4 is 0 Å². The molecular formula is C30H52O4. The van der Waals surface area contributed by atoms with Gasteiger partial charge in [0.15, 0.2) is 0 Å². The van der Waals surface area contributed by atoms with Crippen LogP contribution in [0, 0.1) is 52.3 Å². The summed E-state index contributed by atoms with van der Waals surface area (Å²) in [5.41, 5.74) is 0.188. The molecule has 0 radical (unpaired) electrons. The number of aliphatic hydroxyl groups excluding tert-OH is 1. The smallest absolute Gasteiger partial charge is 0.0837 e. The van der Waals surface area contributed by atoms with Crippen molar-refractivity contribution in [1.29, 1.82) is 0 Å². The normalized spacial score (nSPS) is 47.9. The van der Waals surface area contributed by atoms with E-state index in [1.807, 2.05) is 13.8 Å². The van der Waals surface area contributed by atoms with Gasteiger partial charge in [-0.2, -0.15) is 0 Å². The standard InChI is InChI=1S/C30H52O4/c1-19(10-13-28(2,3)32)22-8-9-23-21-6-7-25-27(31)26(34-18-20-16-33-17-20)12-15-30(25,5)24(21)11-14-29(22,23)4/h19-27,31-32H,6-18H2,1-5H3/t19-,21+,22-,23+,24+,25+,26+,27-,29-,30-/m1/s1. The Morgan fingerprint density at radius 3 is 2.29 bits per heavy atom. The van der Waals surface area contributed by atoms with Crippen LogP contribution in [0.25, 0.3) is 0 Å². The Kier molecular flexibility index (Phi) is 6.97. The Labute approximate surface area is 208 Å². The van der Waals surface area contributed by atoms with E-state index in [2.05, 4.69) is 20.8 Å². The van der Waals surface area contributed by atoms with Crippen LogP contribution in [0.4, 0.5) is 0 Å². The Hall–Kier alpha value is -0.160. The second-order valence-corrected chi connectivity index (χ2v) is 14.4. The van der Waals surface area contributed by atoms with Crippen LogP contribution in [0.5, 0.6) is 0 Å². The first-order valence-electron chi connectivity index (χ1n) is 14.6. The van der Waals surface area contributed by atoms with E-state index in [4.69, 9.17) is 9.47 Å². The number of aliphatic hydroxyl groups is 2. The van der Waals surface area contributed by atoms with Crippen molar-refractivity contribution in [2.75, 3.05) is 19.8 Å². The van der Waals surface area contributed by atoms with Gasteiger partial charge in [0.05, 0.1) is 37.6 Å². The number of hydrogen-bond acceptors (Lipinski definition) is 4. The fourth-order valence-corrected chi connectivity index (χ4v) is 9.88. The molecule has 4 aliphatic carbocycles. The summed E-state index contributed by atoms with van der Waals surface area (Å²) in [5.74, 6) is 4.89. The molecule has 0 bridgehead atoms. The topological polar surface area (TPSA) is 58.9 Å². The van der Waals surface area contributed by atoms with Crippen molar-refractivity contribution in [2.24, 2.45) is 52.3 Å². The van der Waals surface area contributed by atoms with Gasteiger partial charge in [-0.15, -0.1) is 0 Å². The summed E-state index contributed by atoms with van der Waals surface area (Å²) in [7, 11) is 0. The van der Waals surface area contributed by atoms with Gasteiger partial charge >= 0.3 is 0 Å². The highest BCUT2D eigenvalue weighted by Crippen LogP contribution is 2.68. The molecule has 4 nitrogen and oxygen atoms in total. The summed E-state index contributed by atoms with van der Waals surface area (Å²) in [6.07, 6.45) is 12.0. The van der Waals surface area contributed by atoms with Crippen LogP contribution in [0.3, 0.4) is 0 Å². The molecule has 4 saturated carbocycles. The lowest BCUT2D eigenvalue weighted by atomic mass is 9.44. The van der Waals surface area contributed by atoms with Crippen LogP contribution >= 0.6 is 0 Å². The summed E-state index contributed by atoms with van der Waals surface area (Å²) < 4.78 is 11.6. The molecule has 4 heteroatoms. The van der Waals surface area contributed by atoms with Gasteiger partial charge in [-0.05, 0) is 124 Å². The molecule has 1 aliphatic heterocycles. The minimum atomic E-state index is -0.549. The second kappa shape index (κ2) is 9.30. The van der Waals surface area contributed by atoms with E-state index >= 15 is 0 Å². The average Bonchev–Trinajstić information content (AvgIpc) is 3.09. The highest BCUT2D eigenvalue weighted by Gasteiger charge is 2.62. The molecule has 0 aromatic heterocycles. The molecular weight excluding hydrogens is 424 g/mol.